The van der Waals surface area contributed by atoms with Crippen LogP contribution in [0.15, 0.2) is 17.5 Å². The van der Waals surface area contributed by atoms with Crippen LogP contribution in [-0.4, -0.2) is 11.1 Å². The van der Waals surface area contributed by atoms with E-state index in [9.17, 15) is 4.79 Å². The van der Waals surface area contributed by atoms with Gasteiger partial charge in [-0.25, -0.2) is 0 Å². The van der Waals surface area contributed by atoms with Gasteiger partial charge in [-0.3, -0.25) is 4.79 Å². The number of ketones is 1. The molecule has 0 unspecified atom stereocenters. The first kappa shape index (κ1) is 11.9. The number of thiophene rings is 1. The van der Waals surface area contributed by atoms with Crippen molar-refractivity contribution < 1.29 is 4.79 Å². The minimum atomic E-state index is 0.404. The molecule has 0 radical (unpaired) electrons. The van der Waals surface area contributed by atoms with Crippen molar-refractivity contribution in [2.24, 2.45) is 0 Å². The summed E-state index contributed by atoms with van der Waals surface area (Å²) >= 11 is 5.10. The molecule has 0 spiro atoms. The molecule has 0 aliphatic carbocycles. The Hall–Kier alpha value is -0.150. The molecule has 0 bridgehead atoms. The minimum absolute atomic E-state index is 0.404. The second kappa shape index (κ2) is 7.18. The summed E-state index contributed by atoms with van der Waals surface area (Å²) < 4.78 is 0. The Bertz CT molecular complexity index is 256. The van der Waals surface area contributed by atoms with Gasteiger partial charge in [-0.15, -0.1) is 11.3 Å². The lowest BCUT2D eigenvalue weighted by molar-refractivity contribution is -0.119. The Labute approximate surface area is 97.7 Å². The molecule has 0 aliphatic rings. The smallest absolute Gasteiger partial charge is 0.132 e. The number of hydrogen-bond acceptors (Lipinski definition) is 2. The van der Waals surface area contributed by atoms with Crippen molar-refractivity contribution in [2.45, 2.75) is 32.1 Å². The molecule has 3 heteroatoms. The molecule has 0 saturated heterocycles. The molecule has 1 aromatic rings. The van der Waals surface area contributed by atoms with Gasteiger partial charge in [-0.2, -0.15) is 0 Å². The van der Waals surface area contributed by atoms with E-state index >= 15 is 0 Å². The molecule has 0 aliphatic heterocycles. The van der Waals surface area contributed by atoms with E-state index in [1.165, 1.54) is 4.88 Å². The van der Waals surface area contributed by atoms with Crippen molar-refractivity contribution in [3.8, 4) is 0 Å². The number of carbonyl (C=O) groups is 1. The van der Waals surface area contributed by atoms with Crippen molar-refractivity contribution in [1.82, 2.24) is 0 Å². The predicted molar refractivity (Wildman–Crippen MR) is 65.3 cm³/mol. The molecule has 1 rings (SSSR count). The molecule has 78 valence electrons. The number of carbonyl (C=O) groups excluding carboxylic acids is 1. The molecular formula is C11H15BrOS. The van der Waals surface area contributed by atoms with Crippen LogP contribution >= 0.6 is 27.3 Å². The van der Waals surface area contributed by atoms with Gasteiger partial charge in [0.1, 0.15) is 5.78 Å². The SMILES string of the molecule is O=C(CCCBr)CCCc1cccs1. The highest BCUT2D eigenvalue weighted by Gasteiger charge is 2.01. The number of alkyl halides is 1. The third kappa shape index (κ3) is 4.91. The van der Waals surface area contributed by atoms with Crippen molar-refractivity contribution >= 4 is 33.0 Å². The molecule has 0 aromatic carbocycles. The standard InChI is InChI=1S/C11H15BrOS/c12-8-2-5-10(13)4-1-6-11-7-3-9-14-11/h3,7,9H,1-2,4-6,8H2. The van der Waals surface area contributed by atoms with Crippen LogP contribution in [0, 0.1) is 0 Å². The van der Waals surface area contributed by atoms with Crippen LogP contribution in [-0.2, 0) is 11.2 Å². The Morgan fingerprint density at radius 2 is 2.14 bits per heavy atom. The number of hydrogen-bond donors (Lipinski definition) is 0. The van der Waals surface area contributed by atoms with E-state index in [4.69, 9.17) is 0 Å². The summed E-state index contributed by atoms with van der Waals surface area (Å²) in [6.45, 7) is 0. The van der Waals surface area contributed by atoms with Gasteiger partial charge in [-0.1, -0.05) is 22.0 Å². The summed E-state index contributed by atoms with van der Waals surface area (Å²) in [4.78, 5) is 12.7. The van der Waals surface area contributed by atoms with E-state index in [0.717, 1.165) is 37.4 Å². The maximum atomic E-state index is 11.3. The largest absolute Gasteiger partial charge is 0.300 e. The van der Waals surface area contributed by atoms with Crippen molar-refractivity contribution in [2.75, 3.05) is 5.33 Å². The van der Waals surface area contributed by atoms with Gasteiger partial charge in [0.25, 0.3) is 0 Å². The molecule has 14 heavy (non-hydrogen) atoms. The van der Waals surface area contributed by atoms with Crippen molar-refractivity contribution in [3.63, 3.8) is 0 Å². The highest BCUT2D eigenvalue weighted by atomic mass is 79.9. The summed E-state index contributed by atoms with van der Waals surface area (Å²) in [6, 6.07) is 4.19. The summed E-state index contributed by atoms with van der Waals surface area (Å²) in [5.41, 5.74) is 0. The normalized spacial score (nSPS) is 10.4. The average Bonchev–Trinajstić information content (AvgIpc) is 2.67. The van der Waals surface area contributed by atoms with Crippen LogP contribution in [0.2, 0.25) is 0 Å². The lowest BCUT2D eigenvalue weighted by atomic mass is 10.1. The lowest BCUT2D eigenvalue weighted by Crippen LogP contribution is -1.98. The first-order chi connectivity index (χ1) is 6.83. The van der Waals surface area contributed by atoms with Crippen LogP contribution in [0.25, 0.3) is 0 Å². The van der Waals surface area contributed by atoms with E-state index in [2.05, 4.69) is 33.4 Å². The topological polar surface area (TPSA) is 17.1 Å². The summed E-state index contributed by atoms with van der Waals surface area (Å²) in [7, 11) is 0. The third-order valence-corrected chi connectivity index (χ3v) is 3.55. The quantitative estimate of drug-likeness (QED) is 0.691. The highest BCUT2D eigenvalue weighted by Crippen LogP contribution is 2.12. The van der Waals surface area contributed by atoms with Crippen LogP contribution in [0.3, 0.4) is 0 Å². The molecule has 0 fully saturated rings. The maximum absolute atomic E-state index is 11.3. The monoisotopic (exact) mass is 274 g/mol. The number of rotatable bonds is 7. The maximum Gasteiger partial charge on any atom is 0.132 e. The van der Waals surface area contributed by atoms with Crippen LogP contribution in [0.5, 0.6) is 0 Å². The van der Waals surface area contributed by atoms with Crippen molar-refractivity contribution in [1.29, 1.82) is 0 Å². The fourth-order valence-electron chi connectivity index (χ4n) is 1.30. The van der Waals surface area contributed by atoms with E-state index in [0.29, 0.717) is 5.78 Å². The van der Waals surface area contributed by atoms with E-state index < -0.39 is 0 Å². The molecule has 1 heterocycles. The lowest BCUT2D eigenvalue weighted by Gasteiger charge is -1.98. The fraction of sp³-hybridized carbons (Fsp3) is 0.545. The second-order valence-corrected chi connectivity index (χ2v) is 5.09. The number of halogens is 1. The summed E-state index contributed by atoms with van der Waals surface area (Å²) in [6.07, 6.45) is 4.50. The zero-order valence-electron chi connectivity index (χ0n) is 8.17. The van der Waals surface area contributed by atoms with E-state index in [-0.39, 0.29) is 0 Å². The summed E-state index contributed by atoms with van der Waals surface area (Å²) in [5.74, 6) is 0.404. The van der Waals surface area contributed by atoms with Gasteiger partial charge in [0.2, 0.25) is 0 Å². The zero-order valence-corrected chi connectivity index (χ0v) is 10.6. The molecule has 0 amide bonds. The molecule has 0 saturated carbocycles. The molecule has 1 nitrogen and oxygen atoms in total. The Morgan fingerprint density at radius 1 is 1.36 bits per heavy atom. The first-order valence-electron chi connectivity index (χ1n) is 4.93. The van der Waals surface area contributed by atoms with Gasteiger partial charge in [-0.05, 0) is 30.7 Å². The average molecular weight is 275 g/mol. The van der Waals surface area contributed by atoms with Gasteiger partial charge in [0.15, 0.2) is 0 Å². The van der Waals surface area contributed by atoms with E-state index in [1.807, 2.05) is 0 Å². The van der Waals surface area contributed by atoms with Crippen LogP contribution < -0.4 is 0 Å². The Balaban J connectivity index is 2.06. The van der Waals surface area contributed by atoms with E-state index in [1.54, 1.807) is 11.3 Å². The minimum Gasteiger partial charge on any atom is -0.300 e. The molecule has 1 aromatic heterocycles. The Kier molecular flexibility index (Phi) is 6.12. The van der Waals surface area contributed by atoms with Gasteiger partial charge >= 0.3 is 0 Å². The first-order valence-corrected chi connectivity index (χ1v) is 6.93. The predicted octanol–water partition coefficient (Wildman–Crippen LogP) is 3.82. The number of aryl methyl sites for hydroxylation is 1. The summed E-state index contributed by atoms with van der Waals surface area (Å²) in [5, 5.41) is 3.02. The van der Waals surface area contributed by atoms with Gasteiger partial charge < -0.3 is 0 Å². The zero-order chi connectivity index (χ0) is 10.2. The van der Waals surface area contributed by atoms with Crippen molar-refractivity contribution in [3.05, 3.63) is 22.4 Å². The highest BCUT2D eigenvalue weighted by molar-refractivity contribution is 9.09. The molecular weight excluding hydrogens is 260 g/mol. The van der Waals surface area contributed by atoms with Gasteiger partial charge in [0, 0.05) is 23.0 Å². The Morgan fingerprint density at radius 3 is 2.79 bits per heavy atom. The van der Waals surface area contributed by atoms with Crippen LogP contribution in [0.1, 0.15) is 30.6 Å². The molecule has 0 N–H and O–H groups in total. The molecule has 0 atom stereocenters. The third-order valence-electron chi connectivity index (χ3n) is 2.05. The second-order valence-electron chi connectivity index (χ2n) is 3.26. The number of Topliss-reactive ketones (excluding diaryl/α,β-unsaturated/α-hetero) is 1. The van der Waals surface area contributed by atoms with Gasteiger partial charge in [0.05, 0.1) is 0 Å². The fourth-order valence-corrected chi connectivity index (χ4v) is 2.34. The van der Waals surface area contributed by atoms with Crippen LogP contribution in [0.4, 0.5) is 0 Å².